The zero-order chi connectivity index (χ0) is 13.6. The van der Waals surface area contributed by atoms with Gasteiger partial charge in [-0.15, -0.1) is 0 Å². The summed E-state index contributed by atoms with van der Waals surface area (Å²) in [7, 11) is 1.23. The summed E-state index contributed by atoms with van der Waals surface area (Å²) < 4.78 is 43.6. The van der Waals surface area contributed by atoms with E-state index in [0.717, 1.165) is 6.07 Å². The first-order valence-electron chi connectivity index (χ1n) is 5.75. The smallest absolute Gasteiger partial charge is 0.419 e. The van der Waals surface area contributed by atoms with Crippen LogP contribution in [0.15, 0.2) is 18.2 Å². The van der Waals surface area contributed by atoms with E-state index in [9.17, 15) is 18.3 Å². The molecule has 0 aromatic heterocycles. The molecule has 1 aromatic rings. The van der Waals surface area contributed by atoms with Crippen molar-refractivity contribution in [2.24, 2.45) is 0 Å². The molecule has 2 rings (SSSR count). The van der Waals surface area contributed by atoms with Gasteiger partial charge >= 0.3 is 6.18 Å². The lowest BCUT2D eigenvalue weighted by Gasteiger charge is -2.24. The molecule has 0 heterocycles. The summed E-state index contributed by atoms with van der Waals surface area (Å²) in [5, 5.41) is 9.77. The van der Waals surface area contributed by atoms with Crippen molar-refractivity contribution in [3.8, 4) is 5.75 Å². The summed E-state index contributed by atoms with van der Waals surface area (Å²) in [5.74, 6) is -0.164. The number of para-hydroxylation sites is 1. The summed E-state index contributed by atoms with van der Waals surface area (Å²) in [4.78, 5) is 0. The van der Waals surface area contributed by atoms with Gasteiger partial charge in [-0.25, -0.2) is 0 Å². The Balaban J connectivity index is 2.56. The van der Waals surface area contributed by atoms with Gasteiger partial charge in [-0.3, -0.25) is 0 Å². The molecule has 1 N–H and O–H groups in total. The van der Waals surface area contributed by atoms with Crippen LogP contribution in [0.1, 0.15) is 30.9 Å². The molecule has 1 aliphatic rings. The van der Waals surface area contributed by atoms with E-state index in [0.29, 0.717) is 18.4 Å². The third-order valence-corrected chi connectivity index (χ3v) is 3.65. The van der Waals surface area contributed by atoms with Gasteiger partial charge in [-0.05, 0) is 25.8 Å². The second-order valence-corrected chi connectivity index (χ2v) is 4.72. The topological polar surface area (TPSA) is 29.5 Å². The Kier molecular flexibility index (Phi) is 3.05. The summed E-state index contributed by atoms with van der Waals surface area (Å²) in [6, 6.07) is 3.97. The van der Waals surface area contributed by atoms with Crippen molar-refractivity contribution < 1.29 is 23.0 Å². The van der Waals surface area contributed by atoms with E-state index in [-0.39, 0.29) is 5.75 Å². The number of hydrogen-bond acceptors (Lipinski definition) is 2. The number of methoxy groups -OCH3 is 1. The molecule has 0 aliphatic heterocycles. The van der Waals surface area contributed by atoms with Crippen LogP contribution >= 0.6 is 0 Å². The highest BCUT2D eigenvalue weighted by atomic mass is 19.4. The zero-order valence-electron chi connectivity index (χ0n) is 10.2. The van der Waals surface area contributed by atoms with Gasteiger partial charge in [-0.2, -0.15) is 13.2 Å². The minimum atomic E-state index is -4.45. The molecular formula is C13H15F3O2. The zero-order valence-corrected chi connectivity index (χ0v) is 10.2. The molecule has 100 valence electrons. The molecule has 1 fully saturated rings. The molecule has 0 spiro atoms. The molecule has 2 nitrogen and oxygen atoms in total. The first-order chi connectivity index (χ1) is 8.33. The van der Waals surface area contributed by atoms with Gasteiger partial charge < -0.3 is 9.84 Å². The number of rotatable bonds is 3. The highest BCUT2D eigenvalue weighted by Crippen LogP contribution is 2.55. The molecule has 0 bridgehead atoms. The Labute approximate surface area is 103 Å². The fourth-order valence-corrected chi connectivity index (χ4v) is 2.42. The van der Waals surface area contributed by atoms with Gasteiger partial charge in [0.1, 0.15) is 5.75 Å². The van der Waals surface area contributed by atoms with E-state index < -0.39 is 23.3 Å². The summed E-state index contributed by atoms with van der Waals surface area (Å²) >= 11 is 0. The Morgan fingerprint density at radius 1 is 1.33 bits per heavy atom. The summed E-state index contributed by atoms with van der Waals surface area (Å²) in [6.45, 7) is 1.60. The second kappa shape index (κ2) is 4.16. The standard InChI is InChI=1S/C13H15F3O2/c1-8(17)12(6-7-12)9-4-3-5-10(11(9)18-2)13(14,15)16/h3-5,8,17H,6-7H2,1-2H3. The van der Waals surface area contributed by atoms with Gasteiger partial charge in [0.2, 0.25) is 0 Å². The molecule has 0 radical (unpaired) electrons. The van der Waals surface area contributed by atoms with Crippen LogP contribution in [-0.4, -0.2) is 18.3 Å². The van der Waals surface area contributed by atoms with Crippen LogP contribution in [0.25, 0.3) is 0 Å². The molecule has 1 saturated carbocycles. The Morgan fingerprint density at radius 3 is 2.33 bits per heavy atom. The van der Waals surface area contributed by atoms with Crippen LogP contribution in [-0.2, 0) is 11.6 Å². The minimum Gasteiger partial charge on any atom is -0.496 e. The van der Waals surface area contributed by atoms with Crippen LogP contribution in [0.3, 0.4) is 0 Å². The van der Waals surface area contributed by atoms with Gasteiger partial charge in [0.25, 0.3) is 0 Å². The third kappa shape index (κ3) is 1.96. The van der Waals surface area contributed by atoms with E-state index >= 15 is 0 Å². The van der Waals surface area contributed by atoms with Crippen molar-refractivity contribution in [2.75, 3.05) is 7.11 Å². The SMILES string of the molecule is COc1c(C(F)(F)F)cccc1C1(C(C)O)CC1. The van der Waals surface area contributed by atoms with Gasteiger partial charge in [0.05, 0.1) is 18.8 Å². The van der Waals surface area contributed by atoms with Crippen molar-refractivity contribution in [2.45, 2.75) is 37.5 Å². The maximum absolute atomic E-state index is 12.9. The molecule has 1 aromatic carbocycles. The van der Waals surface area contributed by atoms with Crippen LogP contribution < -0.4 is 4.74 Å². The van der Waals surface area contributed by atoms with Crippen molar-refractivity contribution >= 4 is 0 Å². The fraction of sp³-hybridized carbons (Fsp3) is 0.538. The highest BCUT2D eigenvalue weighted by Gasteiger charge is 2.51. The van der Waals surface area contributed by atoms with E-state index in [4.69, 9.17) is 4.74 Å². The van der Waals surface area contributed by atoms with Crippen molar-refractivity contribution in [3.05, 3.63) is 29.3 Å². The number of alkyl halides is 3. The maximum Gasteiger partial charge on any atom is 0.419 e. The van der Waals surface area contributed by atoms with E-state index in [2.05, 4.69) is 0 Å². The van der Waals surface area contributed by atoms with Crippen molar-refractivity contribution in [1.82, 2.24) is 0 Å². The lowest BCUT2D eigenvalue weighted by Crippen LogP contribution is -2.24. The molecule has 1 aliphatic carbocycles. The lowest BCUT2D eigenvalue weighted by molar-refractivity contribution is -0.138. The van der Waals surface area contributed by atoms with E-state index in [1.54, 1.807) is 13.0 Å². The maximum atomic E-state index is 12.9. The quantitative estimate of drug-likeness (QED) is 0.904. The molecular weight excluding hydrogens is 245 g/mol. The number of ether oxygens (including phenoxy) is 1. The van der Waals surface area contributed by atoms with E-state index in [1.165, 1.54) is 13.2 Å². The van der Waals surface area contributed by atoms with Crippen LogP contribution in [0.5, 0.6) is 5.75 Å². The number of benzene rings is 1. The van der Waals surface area contributed by atoms with Crippen LogP contribution in [0, 0.1) is 0 Å². The molecule has 1 atom stereocenters. The molecule has 0 amide bonds. The Hall–Kier alpha value is -1.23. The first-order valence-corrected chi connectivity index (χ1v) is 5.75. The minimum absolute atomic E-state index is 0.164. The largest absolute Gasteiger partial charge is 0.496 e. The van der Waals surface area contributed by atoms with Gasteiger partial charge in [0.15, 0.2) is 0 Å². The molecule has 18 heavy (non-hydrogen) atoms. The van der Waals surface area contributed by atoms with Gasteiger partial charge in [0, 0.05) is 11.0 Å². The average molecular weight is 260 g/mol. The highest BCUT2D eigenvalue weighted by molar-refractivity contribution is 5.50. The monoisotopic (exact) mass is 260 g/mol. The number of aliphatic hydroxyl groups is 1. The van der Waals surface area contributed by atoms with E-state index in [1.807, 2.05) is 0 Å². The molecule has 1 unspecified atom stereocenters. The fourth-order valence-electron chi connectivity index (χ4n) is 2.42. The normalized spacial score (nSPS) is 19.4. The predicted molar refractivity (Wildman–Crippen MR) is 60.6 cm³/mol. The predicted octanol–water partition coefficient (Wildman–Crippen LogP) is 3.13. The number of halogens is 3. The average Bonchev–Trinajstić information content (AvgIpc) is 3.07. The van der Waals surface area contributed by atoms with Crippen LogP contribution in [0.4, 0.5) is 13.2 Å². The van der Waals surface area contributed by atoms with Crippen molar-refractivity contribution in [3.63, 3.8) is 0 Å². The lowest BCUT2D eigenvalue weighted by atomic mass is 9.88. The summed E-state index contributed by atoms with van der Waals surface area (Å²) in [5.41, 5.74) is -0.906. The molecule has 0 saturated heterocycles. The number of hydrogen-bond donors (Lipinski definition) is 1. The second-order valence-electron chi connectivity index (χ2n) is 4.72. The van der Waals surface area contributed by atoms with Crippen LogP contribution in [0.2, 0.25) is 0 Å². The third-order valence-electron chi connectivity index (χ3n) is 3.65. The summed E-state index contributed by atoms with van der Waals surface area (Å²) in [6.07, 6.45) is -3.77. The number of aliphatic hydroxyl groups excluding tert-OH is 1. The van der Waals surface area contributed by atoms with Crippen molar-refractivity contribution in [1.29, 1.82) is 0 Å². The Morgan fingerprint density at radius 2 is 1.94 bits per heavy atom. The molecule has 5 heteroatoms. The Bertz CT molecular complexity index is 448. The first kappa shape index (κ1) is 13.2. The van der Waals surface area contributed by atoms with Gasteiger partial charge in [-0.1, -0.05) is 12.1 Å².